The van der Waals surface area contributed by atoms with Crippen LogP contribution < -0.4 is 10.6 Å². The fraction of sp³-hybridized carbons (Fsp3) is 0.467. The first-order chi connectivity index (χ1) is 10.2. The standard InChI is InChI=1S/C15H21N5O.2ClH/c1-12-3-2-4-13(9-12)20-7-5-19(6-8-20)11-14-17-15(10-16)21-18-14;;/h2-4,9H,5-8,10-11,16H2,1H3;2*1H. The maximum Gasteiger partial charge on any atom is 0.240 e. The van der Waals surface area contributed by atoms with Crippen LogP contribution in [-0.4, -0.2) is 41.2 Å². The lowest BCUT2D eigenvalue weighted by atomic mass is 10.2. The average molecular weight is 360 g/mol. The van der Waals surface area contributed by atoms with Crippen LogP contribution >= 0.6 is 24.8 Å². The molecular formula is C15H23Cl2N5O. The van der Waals surface area contributed by atoms with E-state index in [1.807, 2.05) is 0 Å². The molecule has 1 aromatic carbocycles. The minimum atomic E-state index is 0. The largest absolute Gasteiger partial charge is 0.369 e. The molecule has 0 amide bonds. The third-order valence-corrected chi connectivity index (χ3v) is 3.79. The molecule has 23 heavy (non-hydrogen) atoms. The van der Waals surface area contributed by atoms with Crippen LogP contribution in [0.15, 0.2) is 28.8 Å². The second kappa shape index (κ2) is 9.08. The number of aryl methyl sites for hydroxylation is 1. The van der Waals surface area contributed by atoms with Crippen molar-refractivity contribution in [3.63, 3.8) is 0 Å². The van der Waals surface area contributed by atoms with Gasteiger partial charge in [0.2, 0.25) is 5.89 Å². The van der Waals surface area contributed by atoms with Gasteiger partial charge in [0.25, 0.3) is 0 Å². The van der Waals surface area contributed by atoms with Gasteiger partial charge >= 0.3 is 0 Å². The number of halogens is 2. The fourth-order valence-electron chi connectivity index (χ4n) is 2.63. The number of nitrogens with two attached hydrogens (primary N) is 1. The summed E-state index contributed by atoms with van der Waals surface area (Å²) in [6, 6.07) is 8.66. The smallest absolute Gasteiger partial charge is 0.240 e. The Balaban J connectivity index is 0.00000132. The maximum absolute atomic E-state index is 5.47. The van der Waals surface area contributed by atoms with Crippen LogP contribution in [0.5, 0.6) is 0 Å². The Morgan fingerprint density at radius 1 is 1.17 bits per heavy atom. The van der Waals surface area contributed by atoms with Crippen LogP contribution in [0.4, 0.5) is 5.69 Å². The van der Waals surface area contributed by atoms with E-state index in [4.69, 9.17) is 10.3 Å². The van der Waals surface area contributed by atoms with Crippen molar-refractivity contribution in [1.29, 1.82) is 0 Å². The normalized spacial score (nSPS) is 15.0. The molecule has 3 rings (SSSR count). The van der Waals surface area contributed by atoms with Crippen LogP contribution in [0.3, 0.4) is 0 Å². The molecule has 0 saturated carbocycles. The number of piperazine rings is 1. The van der Waals surface area contributed by atoms with Crippen LogP contribution in [0.25, 0.3) is 0 Å². The van der Waals surface area contributed by atoms with Crippen molar-refractivity contribution in [2.45, 2.75) is 20.0 Å². The zero-order chi connectivity index (χ0) is 14.7. The van der Waals surface area contributed by atoms with Crippen LogP contribution in [0.2, 0.25) is 0 Å². The summed E-state index contributed by atoms with van der Waals surface area (Å²) in [6.45, 7) is 7.20. The van der Waals surface area contributed by atoms with Gasteiger partial charge in [-0.1, -0.05) is 17.3 Å². The van der Waals surface area contributed by atoms with E-state index in [1.54, 1.807) is 0 Å². The van der Waals surface area contributed by atoms with E-state index in [0.717, 1.165) is 38.5 Å². The molecule has 0 aliphatic carbocycles. The van der Waals surface area contributed by atoms with Gasteiger partial charge < -0.3 is 15.2 Å². The molecule has 2 N–H and O–H groups in total. The third-order valence-electron chi connectivity index (χ3n) is 3.79. The molecule has 0 spiro atoms. The Morgan fingerprint density at radius 2 is 1.91 bits per heavy atom. The van der Waals surface area contributed by atoms with E-state index in [0.29, 0.717) is 12.4 Å². The summed E-state index contributed by atoms with van der Waals surface area (Å²) in [5.41, 5.74) is 8.08. The summed E-state index contributed by atoms with van der Waals surface area (Å²) >= 11 is 0. The molecule has 1 aliphatic rings. The topological polar surface area (TPSA) is 71.4 Å². The molecule has 1 aromatic heterocycles. The van der Waals surface area contributed by atoms with Crippen LogP contribution in [0.1, 0.15) is 17.3 Å². The predicted molar refractivity (Wildman–Crippen MR) is 95.4 cm³/mol. The number of hydrogen-bond acceptors (Lipinski definition) is 6. The average Bonchev–Trinajstić information content (AvgIpc) is 2.96. The summed E-state index contributed by atoms with van der Waals surface area (Å²) < 4.78 is 5.04. The van der Waals surface area contributed by atoms with Gasteiger partial charge in [-0.3, -0.25) is 4.90 Å². The van der Waals surface area contributed by atoms with Crippen molar-refractivity contribution in [1.82, 2.24) is 15.0 Å². The van der Waals surface area contributed by atoms with E-state index >= 15 is 0 Å². The molecule has 0 radical (unpaired) electrons. The molecule has 0 unspecified atom stereocenters. The second-order valence-electron chi connectivity index (χ2n) is 5.41. The highest BCUT2D eigenvalue weighted by Gasteiger charge is 2.19. The number of anilines is 1. The Kier molecular flexibility index (Phi) is 7.78. The summed E-state index contributed by atoms with van der Waals surface area (Å²) in [5, 5.41) is 3.95. The van der Waals surface area contributed by atoms with Gasteiger partial charge in [0, 0.05) is 31.9 Å². The third kappa shape index (κ3) is 5.07. The highest BCUT2D eigenvalue weighted by molar-refractivity contribution is 5.85. The van der Waals surface area contributed by atoms with E-state index in [9.17, 15) is 0 Å². The van der Waals surface area contributed by atoms with Gasteiger partial charge in [0.1, 0.15) is 0 Å². The van der Waals surface area contributed by atoms with Gasteiger partial charge in [-0.2, -0.15) is 4.98 Å². The van der Waals surface area contributed by atoms with Gasteiger partial charge in [-0.05, 0) is 24.6 Å². The molecule has 6 nitrogen and oxygen atoms in total. The fourth-order valence-corrected chi connectivity index (χ4v) is 2.63. The van der Waals surface area contributed by atoms with E-state index in [-0.39, 0.29) is 24.8 Å². The molecular weight excluding hydrogens is 337 g/mol. The van der Waals surface area contributed by atoms with Crippen molar-refractivity contribution >= 4 is 30.5 Å². The first kappa shape index (κ1) is 19.7. The molecule has 1 aliphatic heterocycles. The first-order valence-electron chi connectivity index (χ1n) is 7.30. The van der Waals surface area contributed by atoms with Crippen LogP contribution in [-0.2, 0) is 13.1 Å². The highest BCUT2D eigenvalue weighted by atomic mass is 35.5. The number of benzene rings is 1. The van der Waals surface area contributed by atoms with E-state index in [1.165, 1.54) is 11.3 Å². The Bertz CT molecular complexity index is 599. The van der Waals surface area contributed by atoms with Crippen molar-refractivity contribution in [3.05, 3.63) is 41.5 Å². The number of aromatic nitrogens is 2. The monoisotopic (exact) mass is 359 g/mol. The molecule has 2 heterocycles. The second-order valence-corrected chi connectivity index (χ2v) is 5.41. The molecule has 1 fully saturated rings. The Morgan fingerprint density at radius 3 is 2.52 bits per heavy atom. The lowest BCUT2D eigenvalue weighted by Crippen LogP contribution is -2.46. The number of hydrogen-bond donors (Lipinski definition) is 1. The van der Waals surface area contributed by atoms with Crippen molar-refractivity contribution in [2.75, 3.05) is 31.1 Å². The maximum atomic E-state index is 5.47. The van der Waals surface area contributed by atoms with Gasteiger partial charge in [0.15, 0.2) is 5.82 Å². The Labute approximate surface area is 148 Å². The molecule has 128 valence electrons. The minimum absolute atomic E-state index is 0. The highest BCUT2D eigenvalue weighted by Crippen LogP contribution is 2.18. The lowest BCUT2D eigenvalue weighted by Gasteiger charge is -2.35. The molecule has 8 heteroatoms. The summed E-state index contributed by atoms with van der Waals surface area (Å²) in [5.74, 6) is 1.22. The molecule has 0 bridgehead atoms. The van der Waals surface area contributed by atoms with Crippen LogP contribution in [0, 0.1) is 6.92 Å². The Hall–Kier alpha value is -1.34. The summed E-state index contributed by atoms with van der Waals surface area (Å²) in [6.07, 6.45) is 0. The number of nitrogens with zero attached hydrogens (tertiary/aromatic N) is 4. The molecule has 2 aromatic rings. The summed E-state index contributed by atoms with van der Waals surface area (Å²) in [7, 11) is 0. The zero-order valence-corrected chi connectivity index (χ0v) is 14.8. The van der Waals surface area contributed by atoms with Crippen molar-refractivity contribution in [3.8, 4) is 0 Å². The minimum Gasteiger partial charge on any atom is -0.369 e. The van der Waals surface area contributed by atoms with Gasteiger partial charge in [-0.25, -0.2) is 0 Å². The first-order valence-corrected chi connectivity index (χ1v) is 7.30. The molecule has 0 atom stereocenters. The zero-order valence-electron chi connectivity index (χ0n) is 13.1. The van der Waals surface area contributed by atoms with Crippen molar-refractivity contribution in [2.24, 2.45) is 5.73 Å². The van der Waals surface area contributed by atoms with E-state index in [2.05, 4.69) is 51.1 Å². The predicted octanol–water partition coefficient (Wildman–Crippen LogP) is 2.00. The number of rotatable bonds is 4. The van der Waals surface area contributed by atoms with Crippen molar-refractivity contribution < 1.29 is 4.52 Å². The molecule has 1 saturated heterocycles. The van der Waals surface area contributed by atoms with Gasteiger partial charge in [-0.15, -0.1) is 24.8 Å². The van der Waals surface area contributed by atoms with Gasteiger partial charge in [0.05, 0.1) is 13.1 Å². The SMILES string of the molecule is Cc1cccc(N2CCN(Cc3noc(CN)n3)CC2)c1.Cl.Cl. The quantitative estimate of drug-likeness (QED) is 0.899. The lowest BCUT2D eigenvalue weighted by molar-refractivity contribution is 0.240. The van der Waals surface area contributed by atoms with E-state index < -0.39 is 0 Å². The summed E-state index contributed by atoms with van der Waals surface area (Å²) in [4.78, 5) is 9.02.